The molecule has 0 unspecified atom stereocenters. The van der Waals surface area contributed by atoms with Crippen LogP contribution in [0.4, 0.5) is 5.69 Å². The number of amides is 1. The van der Waals surface area contributed by atoms with E-state index in [1.165, 1.54) is 11.8 Å². The van der Waals surface area contributed by atoms with Crippen molar-refractivity contribution in [1.82, 2.24) is 0 Å². The summed E-state index contributed by atoms with van der Waals surface area (Å²) >= 11 is 1.57. The first-order valence-electron chi connectivity index (χ1n) is 6.05. The van der Waals surface area contributed by atoms with Crippen molar-refractivity contribution in [3.05, 3.63) is 29.8 Å². The van der Waals surface area contributed by atoms with Crippen LogP contribution in [0.5, 0.6) is 0 Å². The lowest BCUT2D eigenvalue weighted by molar-refractivity contribution is -0.140. The van der Waals surface area contributed by atoms with Crippen LogP contribution in [0.15, 0.2) is 24.3 Å². The zero-order valence-corrected chi connectivity index (χ0v) is 12.2. The van der Waals surface area contributed by atoms with Gasteiger partial charge in [0.2, 0.25) is 5.91 Å². The van der Waals surface area contributed by atoms with Gasteiger partial charge in [-0.25, -0.2) is 4.79 Å². The van der Waals surface area contributed by atoms with Crippen LogP contribution in [-0.2, 0) is 9.59 Å². The Hall–Kier alpha value is -1.49. The summed E-state index contributed by atoms with van der Waals surface area (Å²) in [5.41, 5.74) is 1.70. The molecule has 0 aliphatic carbocycles. The van der Waals surface area contributed by atoms with Gasteiger partial charge >= 0.3 is 5.97 Å². The Labute approximate surface area is 117 Å². The molecule has 1 aromatic rings. The molecule has 1 amide bonds. The SMILES string of the molecule is CSCC[C@@H](C(=O)O)N(C(C)=O)c1ccc(C)cc1. The predicted octanol–water partition coefficient (Wildman–Crippen LogP) is 2.55. The van der Waals surface area contributed by atoms with Crippen LogP contribution in [0.25, 0.3) is 0 Å². The molecule has 0 aliphatic rings. The Bertz CT molecular complexity index is 445. The van der Waals surface area contributed by atoms with Gasteiger partial charge in [0, 0.05) is 12.6 Å². The van der Waals surface area contributed by atoms with Crippen molar-refractivity contribution in [3.63, 3.8) is 0 Å². The molecular formula is C14H19NO3S. The minimum absolute atomic E-state index is 0.252. The summed E-state index contributed by atoms with van der Waals surface area (Å²) in [4.78, 5) is 24.5. The zero-order valence-electron chi connectivity index (χ0n) is 11.4. The van der Waals surface area contributed by atoms with E-state index in [1.54, 1.807) is 23.9 Å². The Morgan fingerprint density at radius 1 is 1.32 bits per heavy atom. The standard InChI is InChI=1S/C14H19NO3S/c1-10-4-6-12(7-5-10)15(11(2)16)13(14(17)18)8-9-19-3/h4-7,13H,8-9H2,1-3H3,(H,17,18)/t13-/m0/s1. The van der Waals surface area contributed by atoms with Crippen molar-refractivity contribution in [2.24, 2.45) is 0 Å². The first-order valence-corrected chi connectivity index (χ1v) is 7.45. The highest BCUT2D eigenvalue weighted by Gasteiger charge is 2.28. The maximum Gasteiger partial charge on any atom is 0.326 e. The predicted molar refractivity (Wildman–Crippen MR) is 78.8 cm³/mol. The minimum Gasteiger partial charge on any atom is -0.480 e. The molecule has 0 spiro atoms. The number of carboxylic acid groups (broad SMARTS) is 1. The van der Waals surface area contributed by atoms with Gasteiger partial charge in [-0.2, -0.15) is 11.8 Å². The monoisotopic (exact) mass is 281 g/mol. The van der Waals surface area contributed by atoms with Gasteiger partial charge in [0.05, 0.1) is 0 Å². The third-order valence-electron chi connectivity index (χ3n) is 2.84. The van der Waals surface area contributed by atoms with Crippen molar-refractivity contribution in [2.45, 2.75) is 26.3 Å². The number of carbonyl (C=O) groups excluding carboxylic acids is 1. The summed E-state index contributed by atoms with van der Waals surface area (Å²) in [5.74, 6) is -0.519. The van der Waals surface area contributed by atoms with Crippen LogP contribution in [0.3, 0.4) is 0 Å². The molecule has 1 rings (SSSR count). The lowest BCUT2D eigenvalue weighted by Crippen LogP contribution is -2.44. The molecule has 0 saturated carbocycles. The lowest BCUT2D eigenvalue weighted by atomic mass is 10.1. The molecule has 104 valence electrons. The highest BCUT2D eigenvalue weighted by molar-refractivity contribution is 7.98. The van der Waals surface area contributed by atoms with E-state index in [4.69, 9.17) is 0 Å². The number of aryl methyl sites for hydroxylation is 1. The maximum atomic E-state index is 11.8. The van der Waals surface area contributed by atoms with Gasteiger partial charge in [-0.3, -0.25) is 9.69 Å². The molecule has 5 heteroatoms. The molecular weight excluding hydrogens is 262 g/mol. The average molecular weight is 281 g/mol. The van der Waals surface area contributed by atoms with Gasteiger partial charge in [-0.05, 0) is 37.5 Å². The average Bonchev–Trinajstić information content (AvgIpc) is 2.35. The van der Waals surface area contributed by atoms with Crippen molar-refractivity contribution < 1.29 is 14.7 Å². The second kappa shape index (κ2) is 7.19. The molecule has 0 radical (unpaired) electrons. The topological polar surface area (TPSA) is 57.6 Å². The summed E-state index contributed by atoms with van der Waals surface area (Å²) in [6.45, 7) is 3.35. The molecule has 1 aromatic carbocycles. The Morgan fingerprint density at radius 3 is 2.32 bits per heavy atom. The summed E-state index contributed by atoms with van der Waals surface area (Å²) in [6.07, 6.45) is 2.35. The molecule has 19 heavy (non-hydrogen) atoms. The number of carboxylic acids is 1. The molecule has 0 aromatic heterocycles. The summed E-state index contributed by atoms with van der Waals surface area (Å²) in [5, 5.41) is 9.33. The van der Waals surface area contributed by atoms with Gasteiger partial charge in [-0.15, -0.1) is 0 Å². The zero-order chi connectivity index (χ0) is 14.4. The normalized spacial score (nSPS) is 11.9. The van der Waals surface area contributed by atoms with Gasteiger partial charge in [0.25, 0.3) is 0 Å². The van der Waals surface area contributed by atoms with Gasteiger partial charge in [0.15, 0.2) is 0 Å². The van der Waals surface area contributed by atoms with Crippen LogP contribution in [0.2, 0.25) is 0 Å². The molecule has 1 N–H and O–H groups in total. The number of benzene rings is 1. The Kier molecular flexibility index (Phi) is 5.89. The fraction of sp³-hybridized carbons (Fsp3) is 0.429. The van der Waals surface area contributed by atoms with Crippen LogP contribution in [0.1, 0.15) is 18.9 Å². The largest absolute Gasteiger partial charge is 0.480 e. The number of nitrogens with zero attached hydrogens (tertiary/aromatic N) is 1. The van der Waals surface area contributed by atoms with E-state index in [2.05, 4.69) is 0 Å². The number of rotatable bonds is 6. The van der Waals surface area contributed by atoms with Crippen molar-refractivity contribution in [2.75, 3.05) is 16.9 Å². The van der Waals surface area contributed by atoms with E-state index in [1.807, 2.05) is 25.3 Å². The number of carbonyl (C=O) groups is 2. The van der Waals surface area contributed by atoms with Gasteiger partial charge in [-0.1, -0.05) is 17.7 Å². The Balaban J connectivity index is 3.06. The van der Waals surface area contributed by atoms with E-state index in [0.29, 0.717) is 17.9 Å². The van der Waals surface area contributed by atoms with Crippen LogP contribution in [0, 0.1) is 6.92 Å². The number of aliphatic carboxylic acids is 1. The molecule has 0 heterocycles. The van der Waals surface area contributed by atoms with Crippen molar-refractivity contribution in [3.8, 4) is 0 Å². The Morgan fingerprint density at radius 2 is 1.89 bits per heavy atom. The minimum atomic E-state index is -0.968. The molecule has 0 aliphatic heterocycles. The van der Waals surface area contributed by atoms with Crippen LogP contribution in [-0.4, -0.2) is 35.0 Å². The summed E-state index contributed by atoms with van der Waals surface area (Å²) in [6, 6.07) is 6.50. The second-order valence-electron chi connectivity index (χ2n) is 4.36. The molecule has 4 nitrogen and oxygen atoms in total. The molecule has 0 bridgehead atoms. The van der Waals surface area contributed by atoms with Crippen molar-refractivity contribution >= 4 is 29.3 Å². The van der Waals surface area contributed by atoms with Gasteiger partial charge < -0.3 is 5.11 Å². The van der Waals surface area contributed by atoms with E-state index in [-0.39, 0.29) is 5.91 Å². The van der Waals surface area contributed by atoms with Crippen LogP contribution < -0.4 is 4.90 Å². The third kappa shape index (κ3) is 4.28. The van der Waals surface area contributed by atoms with Gasteiger partial charge in [0.1, 0.15) is 6.04 Å². The number of hydrogen-bond acceptors (Lipinski definition) is 3. The quantitative estimate of drug-likeness (QED) is 0.870. The first-order chi connectivity index (χ1) is 8.97. The van der Waals surface area contributed by atoms with E-state index in [9.17, 15) is 14.7 Å². The maximum absolute atomic E-state index is 11.8. The van der Waals surface area contributed by atoms with E-state index < -0.39 is 12.0 Å². The summed E-state index contributed by atoms with van der Waals surface area (Å²) < 4.78 is 0. The lowest BCUT2D eigenvalue weighted by Gasteiger charge is -2.28. The highest BCUT2D eigenvalue weighted by Crippen LogP contribution is 2.21. The number of hydrogen-bond donors (Lipinski definition) is 1. The molecule has 0 fully saturated rings. The number of thioether (sulfide) groups is 1. The molecule has 0 saturated heterocycles. The highest BCUT2D eigenvalue weighted by atomic mass is 32.2. The summed E-state index contributed by atoms with van der Waals surface area (Å²) in [7, 11) is 0. The molecule has 1 atom stereocenters. The van der Waals surface area contributed by atoms with Crippen LogP contribution >= 0.6 is 11.8 Å². The smallest absolute Gasteiger partial charge is 0.326 e. The first kappa shape index (κ1) is 15.6. The van der Waals surface area contributed by atoms with E-state index >= 15 is 0 Å². The second-order valence-corrected chi connectivity index (χ2v) is 5.35. The number of anilines is 1. The third-order valence-corrected chi connectivity index (χ3v) is 3.49. The fourth-order valence-electron chi connectivity index (χ4n) is 1.88. The van der Waals surface area contributed by atoms with Crippen molar-refractivity contribution in [1.29, 1.82) is 0 Å². The van der Waals surface area contributed by atoms with E-state index in [0.717, 1.165) is 5.56 Å². The fourth-order valence-corrected chi connectivity index (χ4v) is 2.34.